The third kappa shape index (κ3) is 1.84. The standard InChI is InChI=1S/C11H11F2NO/c12-8-4-3-5-9(13)11(8)14-7-2-1-6-10(14)15/h3-5H,1-2,6-7H2. The van der Waals surface area contributed by atoms with Crippen LogP contribution < -0.4 is 4.90 Å². The third-order valence-corrected chi connectivity index (χ3v) is 2.53. The van der Waals surface area contributed by atoms with E-state index >= 15 is 0 Å². The van der Waals surface area contributed by atoms with Crippen molar-refractivity contribution in [2.75, 3.05) is 11.4 Å². The predicted molar refractivity (Wildman–Crippen MR) is 52.6 cm³/mol. The fourth-order valence-corrected chi connectivity index (χ4v) is 1.79. The number of amides is 1. The van der Waals surface area contributed by atoms with Crippen LogP contribution in [0, 0.1) is 11.6 Å². The molecule has 0 atom stereocenters. The van der Waals surface area contributed by atoms with Crippen molar-refractivity contribution < 1.29 is 13.6 Å². The molecular formula is C11H11F2NO. The molecule has 0 saturated carbocycles. The first kappa shape index (κ1) is 10.1. The maximum Gasteiger partial charge on any atom is 0.227 e. The average molecular weight is 211 g/mol. The minimum absolute atomic E-state index is 0.203. The lowest BCUT2D eigenvalue weighted by Gasteiger charge is -2.27. The molecule has 15 heavy (non-hydrogen) atoms. The highest BCUT2D eigenvalue weighted by Crippen LogP contribution is 2.26. The van der Waals surface area contributed by atoms with E-state index in [9.17, 15) is 13.6 Å². The van der Waals surface area contributed by atoms with Crippen LogP contribution in [0.15, 0.2) is 18.2 Å². The molecule has 0 aliphatic carbocycles. The maximum atomic E-state index is 13.4. The summed E-state index contributed by atoms with van der Waals surface area (Å²) in [6.45, 7) is 0.399. The first-order valence-electron chi connectivity index (χ1n) is 4.94. The van der Waals surface area contributed by atoms with Crippen LogP contribution in [0.4, 0.5) is 14.5 Å². The van der Waals surface area contributed by atoms with Gasteiger partial charge in [-0.2, -0.15) is 0 Å². The molecule has 0 bridgehead atoms. The number of halogens is 2. The number of nitrogens with zero attached hydrogens (tertiary/aromatic N) is 1. The lowest BCUT2D eigenvalue weighted by molar-refractivity contribution is -0.119. The molecule has 0 aromatic heterocycles. The van der Waals surface area contributed by atoms with Gasteiger partial charge in [0, 0.05) is 13.0 Å². The van der Waals surface area contributed by atoms with Gasteiger partial charge in [0.15, 0.2) is 0 Å². The molecule has 1 fully saturated rings. The van der Waals surface area contributed by atoms with Gasteiger partial charge in [-0.1, -0.05) is 6.07 Å². The Morgan fingerprint density at radius 3 is 2.40 bits per heavy atom. The number of hydrogen-bond acceptors (Lipinski definition) is 1. The summed E-state index contributed by atoms with van der Waals surface area (Å²) in [7, 11) is 0. The molecule has 1 heterocycles. The molecule has 1 aliphatic rings. The van der Waals surface area contributed by atoms with Crippen LogP contribution in [0.3, 0.4) is 0 Å². The molecule has 1 aromatic rings. The van der Waals surface area contributed by atoms with E-state index in [1.54, 1.807) is 0 Å². The molecule has 1 amide bonds. The van der Waals surface area contributed by atoms with Crippen LogP contribution in [0.5, 0.6) is 0 Å². The van der Waals surface area contributed by atoms with Crippen molar-refractivity contribution in [3.8, 4) is 0 Å². The fourth-order valence-electron chi connectivity index (χ4n) is 1.79. The Bertz CT molecular complexity index is 372. The second-order valence-electron chi connectivity index (χ2n) is 3.57. The number of piperidine rings is 1. The van der Waals surface area contributed by atoms with Crippen molar-refractivity contribution in [2.24, 2.45) is 0 Å². The Hall–Kier alpha value is -1.45. The van der Waals surface area contributed by atoms with Gasteiger partial charge >= 0.3 is 0 Å². The second kappa shape index (κ2) is 3.96. The van der Waals surface area contributed by atoms with Gasteiger partial charge in [0.25, 0.3) is 0 Å². The minimum atomic E-state index is -0.676. The van der Waals surface area contributed by atoms with Crippen molar-refractivity contribution in [2.45, 2.75) is 19.3 Å². The Labute approximate surface area is 86.5 Å². The van der Waals surface area contributed by atoms with E-state index in [4.69, 9.17) is 0 Å². The second-order valence-corrected chi connectivity index (χ2v) is 3.57. The topological polar surface area (TPSA) is 20.3 Å². The van der Waals surface area contributed by atoms with Crippen LogP contribution in [0.25, 0.3) is 0 Å². The summed E-state index contributed by atoms with van der Waals surface area (Å²) >= 11 is 0. The van der Waals surface area contributed by atoms with Crippen molar-refractivity contribution in [1.29, 1.82) is 0 Å². The molecule has 80 valence electrons. The molecule has 4 heteroatoms. The lowest BCUT2D eigenvalue weighted by atomic mass is 10.1. The fraction of sp³-hybridized carbons (Fsp3) is 0.364. The molecule has 0 radical (unpaired) electrons. The van der Waals surface area contributed by atoms with E-state index in [0.717, 1.165) is 12.8 Å². The van der Waals surface area contributed by atoms with Crippen LogP contribution in [-0.2, 0) is 4.79 Å². The molecular weight excluding hydrogens is 200 g/mol. The highest BCUT2D eigenvalue weighted by atomic mass is 19.1. The van der Waals surface area contributed by atoms with E-state index < -0.39 is 11.6 Å². The zero-order valence-corrected chi connectivity index (χ0v) is 8.17. The normalized spacial score (nSPS) is 16.9. The summed E-state index contributed by atoms with van der Waals surface area (Å²) < 4.78 is 26.7. The molecule has 1 aromatic carbocycles. The Morgan fingerprint density at radius 2 is 1.80 bits per heavy atom. The van der Waals surface area contributed by atoms with Crippen LogP contribution in [-0.4, -0.2) is 12.5 Å². The molecule has 0 spiro atoms. The first-order valence-corrected chi connectivity index (χ1v) is 4.94. The summed E-state index contributed by atoms with van der Waals surface area (Å²) in [5, 5.41) is 0. The van der Waals surface area contributed by atoms with Gasteiger partial charge in [0.05, 0.1) is 0 Å². The third-order valence-electron chi connectivity index (χ3n) is 2.53. The first-order chi connectivity index (χ1) is 7.20. The van der Waals surface area contributed by atoms with E-state index in [1.807, 2.05) is 0 Å². The van der Waals surface area contributed by atoms with E-state index in [-0.39, 0.29) is 11.6 Å². The predicted octanol–water partition coefficient (Wildman–Crippen LogP) is 2.48. The molecule has 2 rings (SSSR count). The monoisotopic (exact) mass is 211 g/mol. The minimum Gasteiger partial charge on any atom is -0.307 e. The van der Waals surface area contributed by atoms with Gasteiger partial charge in [-0.05, 0) is 25.0 Å². The van der Waals surface area contributed by atoms with E-state index in [0.29, 0.717) is 13.0 Å². The number of carbonyl (C=O) groups is 1. The Kier molecular flexibility index (Phi) is 2.66. The van der Waals surface area contributed by atoms with Gasteiger partial charge in [-0.3, -0.25) is 4.79 Å². The summed E-state index contributed by atoms with van der Waals surface area (Å²) in [6.07, 6.45) is 1.96. The SMILES string of the molecule is O=C1CCCCN1c1c(F)cccc1F. The number of para-hydroxylation sites is 1. The van der Waals surface area contributed by atoms with Gasteiger partial charge in [0.1, 0.15) is 17.3 Å². The number of carbonyl (C=O) groups excluding carboxylic acids is 1. The van der Waals surface area contributed by atoms with Crippen LogP contribution >= 0.6 is 0 Å². The Balaban J connectivity index is 2.39. The zero-order valence-electron chi connectivity index (χ0n) is 8.17. The maximum absolute atomic E-state index is 13.4. The smallest absolute Gasteiger partial charge is 0.227 e. The average Bonchev–Trinajstić information content (AvgIpc) is 2.20. The van der Waals surface area contributed by atoms with Crippen molar-refractivity contribution in [3.63, 3.8) is 0 Å². The van der Waals surface area contributed by atoms with E-state index in [2.05, 4.69) is 0 Å². The number of benzene rings is 1. The molecule has 1 saturated heterocycles. The quantitative estimate of drug-likeness (QED) is 0.698. The zero-order chi connectivity index (χ0) is 10.8. The number of anilines is 1. The van der Waals surface area contributed by atoms with Crippen molar-refractivity contribution in [1.82, 2.24) is 0 Å². The number of hydrogen-bond donors (Lipinski definition) is 0. The molecule has 2 nitrogen and oxygen atoms in total. The summed E-state index contributed by atoms with van der Waals surface area (Å²) in [6, 6.07) is 3.63. The molecule has 0 N–H and O–H groups in total. The highest BCUT2D eigenvalue weighted by molar-refractivity contribution is 5.94. The van der Waals surface area contributed by atoms with Gasteiger partial charge in [-0.25, -0.2) is 8.78 Å². The Morgan fingerprint density at radius 1 is 1.13 bits per heavy atom. The van der Waals surface area contributed by atoms with Crippen LogP contribution in [0.1, 0.15) is 19.3 Å². The van der Waals surface area contributed by atoms with Crippen molar-refractivity contribution >= 4 is 11.6 Å². The highest BCUT2D eigenvalue weighted by Gasteiger charge is 2.24. The van der Waals surface area contributed by atoms with Crippen molar-refractivity contribution in [3.05, 3.63) is 29.8 Å². The van der Waals surface area contributed by atoms with Gasteiger partial charge in [0.2, 0.25) is 5.91 Å². The summed E-state index contributed by atoms with van der Waals surface area (Å²) in [4.78, 5) is 12.7. The molecule has 0 unspecified atom stereocenters. The largest absolute Gasteiger partial charge is 0.307 e. The van der Waals surface area contributed by atoms with Crippen LogP contribution in [0.2, 0.25) is 0 Å². The van der Waals surface area contributed by atoms with Gasteiger partial charge < -0.3 is 4.90 Å². The van der Waals surface area contributed by atoms with E-state index in [1.165, 1.54) is 23.1 Å². The van der Waals surface area contributed by atoms with Gasteiger partial charge in [-0.15, -0.1) is 0 Å². The molecule has 1 aliphatic heterocycles. The number of rotatable bonds is 1. The lowest BCUT2D eigenvalue weighted by Crippen LogP contribution is -2.36. The summed E-state index contributed by atoms with van der Waals surface area (Å²) in [5.41, 5.74) is -0.206. The summed E-state index contributed by atoms with van der Waals surface area (Å²) in [5.74, 6) is -1.55.